The average molecular weight is 319 g/mol. The van der Waals surface area contributed by atoms with Gasteiger partial charge in [-0.3, -0.25) is 9.69 Å². The lowest BCUT2D eigenvalue weighted by molar-refractivity contribution is -0.119. The van der Waals surface area contributed by atoms with Gasteiger partial charge in [-0.05, 0) is 18.6 Å². The number of nitrogens with two attached hydrogens (primary N) is 1. The van der Waals surface area contributed by atoms with E-state index < -0.39 is 5.82 Å². The quantitative estimate of drug-likeness (QED) is 0.878. The molecule has 2 aromatic rings. The SMILES string of the molecule is CC(=O)NC1CCN(Cc2ccc(-c3ncc(F)c(N)n3)o2)C1. The molecule has 7 nitrogen and oxygen atoms in total. The van der Waals surface area contributed by atoms with E-state index in [9.17, 15) is 9.18 Å². The van der Waals surface area contributed by atoms with E-state index in [0.717, 1.165) is 31.5 Å². The molecule has 0 aliphatic carbocycles. The number of hydrogen-bond donors (Lipinski definition) is 2. The minimum Gasteiger partial charge on any atom is -0.456 e. The number of nitrogens with zero attached hydrogens (tertiary/aromatic N) is 3. The first-order valence-corrected chi connectivity index (χ1v) is 7.38. The molecule has 0 aromatic carbocycles. The highest BCUT2D eigenvalue weighted by Gasteiger charge is 2.23. The fourth-order valence-corrected chi connectivity index (χ4v) is 2.68. The average Bonchev–Trinajstić information content (AvgIpc) is 3.12. The van der Waals surface area contributed by atoms with E-state index in [1.807, 2.05) is 6.07 Å². The molecule has 1 saturated heterocycles. The van der Waals surface area contributed by atoms with Crippen LogP contribution in [0.2, 0.25) is 0 Å². The van der Waals surface area contributed by atoms with E-state index >= 15 is 0 Å². The highest BCUT2D eigenvalue weighted by Crippen LogP contribution is 2.22. The van der Waals surface area contributed by atoms with Crippen LogP contribution in [0.1, 0.15) is 19.1 Å². The Morgan fingerprint density at radius 2 is 2.39 bits per heavy atom. The molecule has 1 atom stereocenters. The highest BCUT2D eigenvalue weighted by atomic mass is 19.1. The molecule has 1 aliphatic heterocycles. The fourth-order valence-electron chi connectivity index (χ4n) is 2.68. The molecule has 1 aliphatic rings. The number of carbonyl (C=O) groups is 1. The van der Waals surface area contributed by atoms with Crippen molar-refractivity contribution in [1.82, 2.24) is 20.2 Å². The van der Waals surface area contributed by atoms with Crippen LogP contribution in [0.4, 0.5) is 10.2 Å². The van der Waals surface area contributed by atoms with Gasteiger partial charge in [-0.1, -0.05) is 0 Å². The van der Waals surface area contributed by atoms with Gasteiger partial charge in [-0.2, -0.15) is 0 Å². The van der Waals surface area contributed by atoms with Crippen LogP contribution in [0.25, 0.3) is 11.6 Å². The van der Waals surface area contributed by atoms with Crippen molar-refractivity contribution in [3.63, 3.8) is 0 Å². The van der Waals surface area contributed by atoms with Crippen LogP contribution in [0.3, 0.4) is 0 Å². The van der Waals surface area contributed by atoms with Crippen LogP contribution < -0.4 is 11.1 Å². The second-order valence-corrected chi connectivity index (χ2v) is 5.61. The van der Waals surface area contributed by atoms with Gasteiger partial charge in [0, 0.05) is 26.1 Å². The Kier molecular flexibility index (Phi) is 4.24. The van der Waals surface area contributed by atoms with E-state index in [0.29, 0.717) is 12.3 Å². The number of halogens is 1. The Balaban J connectivity index is 1.64. The topological polar surface area (TPSA) is 97.3 Å². The minimum absolute atomic E-state index is 0.0109. The van der Waals surface area contributed by atoms with Gasteiger partial charge in [0.25, 0.3) is 0 Å². The Morgan fingerprint density at radius 1 is 1.57 bits per heavy atom. The number of amides is 1. The smallest absolute Gasteiger partial charge is 0.217 e. The standard InChI is InChI=1S/C15H18FN5O2/c1-9(22)19-10-4-5-21(7-10)8-11-2-3-13(23-11)15-18-6-12(16)14(17)20-15/h2-3,6,10H,4-5,7-8H2,1H3,(H,19,22)(H2,17,18,20). The normalized spacial score (nSPS) is 18.3. The lowest BCUT2D eigenvalue weighted by Crippen LogP contribution is -2.35. The Bertz CT molecular complexity index is 718. The minimum atomic E-state index is -0.651. The lowest BCUT2D eigenvalue weighted by atomic mass is 10.2. The number of anilines is 1. The number of aromatic nitrogens is 2. The summed E-state index contributed by atoms with van der Waals surface area (Å²) in [6.45, 7) is 3.83. The second kappa shape index (κ2) is 6.33. The van der Waals surface area contributed by atoms with Crippen LogP contribution in [0.5, 0.6) is 0 Å². The number of carbonyl (C=O) groups excluding carboxylic acids is 1. The summed E-state index contributed by atoms with van der Waals surface area (Å²) in [5, 5.41) is 2.92. The van der Waals surface area contributed by atoms with Crippen molar-refractivity contribution in [1.29, 1.82) is 0 Å². The van der Waals surface area contributed by atoms with Crippen LogP contribution in [-0.4, -0.2) is 39.9 Å². The first-order chi connectivity index (χ1) is 11.0. The van der Waals surface area contributed by atoms with Crippen molar-refractivity contribution in [3.05, 3.63) is 29.9 Å². The third-order valence-corrected chi connectivity index (χ3v) is 3.71. The zero-order valence-corrected chi connectivity index (χ0v) is 12.8. The number of likely N-dealkylation sites (tertiary alicyclic amines) is 1. The van der Waals surface area contributed by atoms with Crippen LogP contribution in [-0.2, 0) is 11.3 Å². The molecule has 8 heteroatoms. The number of hydrogen-bond acceptors (Lipinski definition) is 6. The van der Waals surface area contributed by atoms with Gasteiger partial charge in [0.15, 0.2) is 23.2 Å². The Morgan fingerprint density at radius 3 is 3.13 bits per heavy atom. The van der Waals surface area contributed by atoms with Gasteiger partial charge >= 0.3 is 0 Å². The monoisotopic (exact) mass is 319 g/mol. The Labute approximate surface area is 132 Å². The zero-order chi connectivity index (χ0) is 16.4. The first kappa shape index (κ1) is 15.4. The van der Waals surface area contributed by atoms with Gasteiger partial charge in [0.05, 0.1) is 12.7 Å². The van der Waals surface area contributed by atoms with Gasteiger partial charge in [0.1, 0.15) is 5.76 Å². The summed E-state index contributed by atoms with van der Waals surface area (Å²) < 4.78 is 18.8. The molecular formula is C15H18FN5O2. The van der Waals surface area contributed by atoms with Crippen molar-refractivity contribution >= 4 is 11.7 Å². The number of furan rings is 1. The maximum absolute atomic E-state index is 13.1. The highest BCUT2D eigenvalue weighted by molar-refractivity contribution is 5.73. The van der Waals surface area contributed by atoms with Crippen molar-refractivity contribution in [3.8, 4) is 11.6 Å². The summed E-state index contributed by atoms with van der Waals surface area (Å²) in [6, 6.07) is 3.76. The van der Waals surface area contributed by atoms with Crippen molar-refractivity contribution in [2.45, 2.75) is 25.9 Å². The number of rotatable bonds is 4. The number of nitrogen functional groups attached to an aromatic ring is 1. The molecule has 3 N–H and O–H groups in total. The summed E-state index contributed by atoms with van der Waals surface area (Å²) in [6.07, 6.45) is 1.95. The third kappa shape index (κ3) is 3.65. The summed E-state index contributed by atoms with van der Waals surface area (Å²) in [7, 11) is 0. The number of nitrogens with one attached hydrogen (secondary N) is 1. The molecule has 3 heterocycles. The van der Waals surface area contributed by atoms with Gasteiger partial charge in [-0.25, -0.2) is 14.4 Å². The maximum atomic E-state index is 13.1. The van der Waals surface area contributed by atoms with E-state index in [1.165, 1.54) is 6.92 Å². The van der Waals surface area contributed by atoms with Crippen LogP contribution in [0.15, 0.2) is 22.7 Å². The Hall–Kier alpha value is -2.48. The van der Waals surface area contributed by atoms with E-state index in [2.05, 4.69) is 20.2 Å². The summed E-state index contributed by atoms with van der Waals surface area (Å²) >= 11 is 0. The van der Waals surface area contributed by atoms with Gasteiger partial charge < -0.3 is 15.5 Å². The molecule has 2 aromatic heterocycles. The molecule has 0 spiro atoms. The van der Waals surface area contributed by atoms with Crippen molar-refractivity contribution in [2.75, 3.05) is 18.8 Å². The summed E-state index contributed by atoms with van der Waals surface area (Å²) in [4.78, 5) is 21.0. The van der Waals surface area contributed by atoms with E-state index in [-0.39, 0.29) is 23.6 Å². The molecule has 1 fully saturated rings. The maximum Gasteiger partial charge on any atom is 0.217 e. The zero-order valence-electron chi connectivity index (χ0n) is 12.8. The van der Waals surface area contributed by atoms with Crippen LogP contribution in [0, 0.1) is 5.82 Å². The largest absolute Gasteiger partial charge is 0.456 e. The molecule has 3 rings (SSSR count). The third-order valence-electron chi connectivity index (χ3n) is 3.71. The summed E-state index contributed by atoms with van der Waals surface area (Å²) in [5.74, 6) is 0.599. The van der Waals surface area contributed by atoms with Gasteiger partial charge in [-0.15, -0.1) is 0 Å². The molecule has 0 bridgehead atoms. The molecule has 0 saturated carbocycles. The van der Waals surface area contributed by atoms with Gasteiger partial charge in [0.2, 0.25) is 5.91 Å². The lowest BCUT2D eigenvalue weighted by Gasteiger charge is -2.14. The molecule has 1 unspecified atom stereocenters. The van der Waals surface area contributed by atoms with E-state index in [1.54, 1.807) is 6.07 Å². The molecule has 1 amide bonds. The van der Waals surface area contributed by atoms with Crippen molar-refractivity contribution < 1.29 is 13.6 Å². The molecule has 0 radical (unpaired) electrons. The first-order valence-electron chi connectivity index (χ1n) is 7.38. The predicted molar refractivity (Wildman–Crippen MR) is 81.6 cm³/mol. The van der Waals surface area contributed by atoms with Crippen LogP contribution >= 0.6 is 0 Å². The predicted octanol–water partition coefficient (Wildman–Crippen LogP) is 1.17. The van der Waals surface area contributed by atoms with Crippen molar-refractivity contribution in [2.24, 2.45) is 0 Å². The molecule has 122 valence electrons. The summed E-state index contributed by atoms with van der Waals surface area (Å²) in [5.41, 5.74) is 5.44. The molecule has 23 heavy (non-hydrogen) atoms. The van der Waals surface area contributed by atoms with E-state index in [4.69, 9.17) is 10.2 Å². The fraction of sp³-hybridized carbons (Fsp3) is 0.400. The second-order valence-electron chi connectivity index (χ2n) is 5.61. The molecular weight excluding hydrogens is 301 g/mol.